The molecule has 0 bridgehead atoms. The van der Waals surface area contributed by atoms with Crippen molar-refractivity contribution in [2.24, 2.45) is 5.92 Å². The average molecular weight is 316 g/mol. The maximum Gasteiger partial charge on any atom is 0.427 e. The number of hydrogen-bond donors (Lipinski definition) is 1. The molecule has 0 amide bonds. The highest BCUT2D eigenvalue weighted by molar-refractivity contribution is 7.11. The number of aromatic nitrogens is 1. The fourth-order valence-corrected chi connectivity index (χ4v) is 3.04. The van der Waals surface area contributed by atoms with Gasteiger partial charge in [-0.1, -0.05) is 0 Å². The van der Waals surface area contributed by atoms with Crippen molar-refractivity contribution in [3.8, 4) is 0 Å². The number of nitrogens with zero attached hydrogens (tertiary/aromatic N) is 2. The molecule has 1 N–H and O–H groups in total. The van der Waals surface area contributed by atoms with Crippen LogP contribution >= 0.6 is 23.7 Å². The molecule has 1 atom stereocenters. The molecule has 19 heavy (non-hydrogen) atoms. The number of thiazole rings is 1. The minimum absolute atomic E-state index is 0. The first-order valence-electron chi connectivity index (χ1n) is 5.88. The summed E-state index contributed by atoms with van der Waals surface area (Å²) in [6, 6.07) is 0. The van der Waals surface area contributed by atoms with Crippen molar-refractivity contribution in [3.05, 3.63) is 16.1 Å². The lowest BCUT2D eigenvalue weighted by atomic mass is 10.1. The van der Waals surface area contributed by atoms with Gasteiger partial charge >= 0.3 is 6.18 Å². The minimum atomic E-state index is -4.27. The fraction of sp³-hybridized carbons (Fsp3) is 0.727. The Balaban J connectivity index is 0.00000180. The Morgan fingerprint density at radius 2 is 2.26 bits per heavy atom. The number of halogens is 4. The van der Waals surface area contributed by atoms with E-state index in [1.54, 1.807) is 0 Å². The van der Waals surface area contributed by atoms with Gasteiger partial charge in [0.05, 0.1) is 12.7 Å². The number of hydrogen-bond acceptors (Lipinski definition) is 4. The van der Waals surface area contributed by atoms with E-state index in [0.717, 1.165) is 43.6 Å². The van der Waals surface area contributed by atoms with E-state index in [4.69, 9.17) is 0 Å². The molecule has 3 nitrogen and oxygen atoms in total. The second kappa shape index (κ2) is 6.88. The van der Waals surface area contributed by atoms with E-state index in [1.807, 2.05) is 7.05 Å². The zero-order valence-electron chi connectivity index (χ0n) is 10.5. The van der Waals surface area contributed by atoms with Gasteiger partial charge in [0, 0.05) is 6.54 Å². The maximum atomic E-state index is 12.4. The van der Waals surface area contributed by atoms with Crippen LogP contribution in [-0.4, -0.2) is 36.6 Å². The molecule has 1 unspecified atom stereocenters. The van der Waals surface area contributed by atoms with Crippen LogP contribution < -0.4 is 5.32 Å². The Morgan fingerprint density at radius 1 is 1.53 bits per heavy atom. The third-order valence-corrected chi connectivity index (χ3v) is 4.08. The van der Waals surface area contributed by atoms with Crippen LogP contribution in [0.5, 0.6) is 0 Å². The second-order valence-corrected chi connectivity index (χ2v) is 5.68. The van der Waals surface area contributed by atoms with E-state index in [9.17, 15) is 13.2 Å². The summed E-state index contributed by atoms with van der Waals surface area (Å²) in [5.74, 6) is 0.594. The summed E-state index contributed by atoms with van der Waals surface area (Å²) < 4.78 is 37.3. The summed E-state index contributed by atoms with van der Waals surface area (Å²) in [6.45, 7) is 3.36. The molecule has 1 aliphatic heterocycles. The van der Waals surface area contributed by atoms with Crippen LogP contribution in [0.3, 0.4) is 0 Å². The van der Waals surface area contributed by atoms with Crippen LogP contribution in [0.2, 0.25) is 0 Å². The first-order valence-corrected chi connectivity index (χ1v) is 6.69. The Labute approximate surface area is 120 Å². The average Bonchev–Trinajstić information content (AvgIpc) is 2.88. The van der Waals surface area contributed by atoms with Crippen molar-refractivity contribution in [1.82, 2.24) is 15.2 Å². The minimum Gasteiger partial charge on any atom is -0.319 e. The summed E-state index contributed by atoms with van der Waals surface area (Å²) in [5, 5.41) is 3.68. The summed E-state index contributed by atoms with van der Waals surface area (Å²) in [6.07, 6.45) is -2.24. The lowest BCUT2D eigenvalue weighted by Gasteiger charge is -2.14. The zero-order chi connectivity index (χ0) is 13.2. The first-order chi connectivity index (χ1) is 8.49. The van der Waals surface area contributed by atoms with Gasteiger partial charge in [-0.2, -0.15) is 13.2 Å². The number of alkyl halides is 3. The van der Waals surface area contributed by atoms with Crippen molar-refractivity contribution in [2.45, 2.75) is 19.1 Å². The molecule has 0 aliphatic carbocycles. The van der Waals surface area contributed by atoms with Crippen molar-refractivity contribution < 1.29 is 13.2 Å². The van der Waals surface area contributed by atoms with Crippen LogP contribution in [0.15, 0.2) is 6.20 Å². The van der Waals surface area contributed by atoms with Gasteiger partial charge in [-0.25, -0.2) is 4.98 Å². The van der Waals surface area contributed by atoms with Crippen LogP contribution in [-0.2, 0) is 12.7 Å². The highest BCUT2D eigenvalue weighted by Gasteiger charge is 2.33. The van der Waals surface area contributed by atoms with E-state index in [2.05, 4.69) is 15.2 Å². The molecule has 1 saturated heterocycles. The molecule has 1 fully saturated rings. The Bertz CT molecular complexity index is 397. The van der Waals surface area contributed by atoms with Gasteiger partial charge < -0.3 is 5.32 Å². The van der Waals surface area contributed by atoms with Gasteiger partial charge in [-0.3, -0.25) is 4.90 Å². The summed E-state index contributed by atoms with van der Waals surface area (Å²) in [5.41, 5.74) is 0. The fourth-order valence-electron chi connectivity index (χ4n) is 2.22. The van der Waals surface area contributed by atoms with Gasteiger partial charge in [0.15, 0.2) is 0 Å². The van der Waals surface area contributed by atoms with E-state index in [0.29, 0.717) is 17.5 Å². The van der Waals surface area contributed by atoms with Crippen molar-refractivity contribution in [3.63, 3.8) is 0 Å². The van der Waals surface area contributed by atoms with Gasteiger partial charge in [0.1, 0.15) is 9.88 Å². The van der Waals surface area contributed by atoms with Gasteiger partial charge in [-0.05, 0) is 32.5 Å². The Kier molecular flexibility index (Phi) is 6.04. The predicted octanol–water partition coefficient (Wildman–Crippen LogP) is 2.63. The first kappa shape index (κ1) is 16.7. The zero-order valence-corrected chi connectivity index (χ0v) is 12.2. The van der Waals surface area contributed by atoms with Crippen LogP contribution in [0.4, 0.5) is 13.2 Å². The van der Waals surface area contributed by atoms with Gasteiger partial charge in [0.2, 0.25) is 0 Å². The van der Waals surface area contributed by atoms with Gasteiger partial charge in [0.25, 0.3) is 0 Å². The number of rotatable bonds is 4. The van der Waals surface area contributed by atoms with Crippen molar-refractivity contribution in [2.75, 3.05) is 26.7 Å². The van der Waals surface area contributed by atoms with Gasteiger partial charge in [-0.15, -0.1) is 23.7 Å². The second-order valence-electron chi connectivity index (χ2n) is 4.56. The molecule has 2 rings (SSSR count). The number of likely N-dealkylation sites (tertiary alicyclic amines) is 1. The molecule has 1 aliphatic rings. The standard InChI is InChI=1S/C11H16F3N3S.ClH/c1-15-4-8-2-3-17(6-8)7-10-16-5-9(18-10)11(12,13)14;/h5,8,15H,2-4,6-7H2,1H3;1H. The topological polar surface area (TPSA) is 28.2 Å². The van der Waals surface area contributed by atoms with Crippen molar-refractivity contribution >= 4 is 23.7 Å². The summed E-state index contributed by atoms with van der Waals surface area (Å²) in [7, 11) is 1.92. The molecular weight excluding hydrogens is 299 g/mol. The molecule has 1 aromatic rings. The van der Waals surface area contributed by atoms with E-state index in [-0.39, 0.29) is 12.4 Å². The third kappa shape index (κ3) is 4.59. The highest BCUT2D eigenvalue weighted by atomic mass is 35.5. The SMILES string of the molecule is CNCC1CCN(Cc2ncc(C(F)(F)F)s2)C1.Cl. The molecule has 0 spiro atoms. The third-order valence-electron chi connectivity index (χ3n) is 3.05. The Morgan fingerprint density at radius 3 is 2.84 bits per heavy atom. The lowest BCUT2D eigenvalue weighted by molar-refractivity contribution is -0.134. The molecule has 0 radical (unpaired) electrons. The van der Waals surface area contributed by atoms with Crippen LogP contribution in [0.1, 0.15) is 16.3 Å². The smallest absolute Gasteiger partial charge is 0.319 e. The molecule has 2 heterocycles. The maximum absolute atomic E-state index is 12.4. The molecule has 0 aromatic carbocycles. The molecule has 1 aromatic heterocycles. The Hall–Kier alpha value is -0.370. The van der Waals surface area contributed by atoms with E-state index >= 15 is 0 Å². The lowest BCUT2D eigenvalue weighted by Crippen LogP contribution is -2.24. The highest BCUT2D eigenvalue weighted by Crippen LogP contribution is 2.33. The van der Waals surface area contributed by atoms with E-state index < -0.39 is 11.1 Å². The summed E-state index contributed by atoms with van der Waals surface area (Å²) >= 11 is 0.748. The van der Waals surface area contributed by atoms with Crippen molar-refractivity contribution in [1.29, 1.82) is 0 Å². The van der Waals surface area contributed by atoms with Crippen LogP contribution in [0, 0.1) is 5.92 Å². The predicted molar refractivity (Wildman–Crippen MR) is 71.7 cm³/mol. The number of nitrogens with one attached hydrogen (secondary N) is 1. The molecule has 110 valence electrons. The van der Waals surface area contributed by atoms with Crippen LogP contribution in [0.25, 0.3) is 0 Å². The largest absolute Gasteiger partial charge is 0.427 e. The normalized spacial score (nSPS) is 20.5. The van der Waals surface area contributed by atoms with E-state index in [1.165, 1.54) is 0 Å². The quantitative estimate of drug-likeness (QED) is 0.926. The molecule has 0 saturated carbocycles. The molecule has 8 heteroatoms. The molecular formula is C11H17ClF3N3S. The monoisotopic (exact) mass is 315 g/mol. The summed E-state index contributed by atoms with van der Waals surface area (Å²) in [4.78, 5) is 5.42.